The SMILES string of the molecule is Cc1ccc(C)c(C(=O)C=CC=Cc2ccccc2)c1. The lowest BCUT2D eigenvalue weighted by Crippen LogP contribution is -1.98. The molecule has 0 atom stereocenters. The molecule has 100 valence electrons. The summed E-state index contributed by atoms with van der Waals surface area (Å²) in [6, 6.07) is 15.9. The maximum atomic E-state index is 12.1. The van der Waals surface area contributed by atoms with E-state index in [1.54, 1.807) is 12.2 Å². The first-order chi connectivity index (χ1) is 9.66. The third kappa shape index (κ3) is 3.79. The average molecular weight is 262 g/mol. The maximum Gasteiger partial charge on any atom is 0.186 e. The minimum absolute atomic E-state index is 0.0453. The Hall–Kier alpha value is -2.41. The Morgan fingerprint density at radius 3 is 2.45 bits per heavy atom. The molecule has 0 aliphatic carbocycles. The van der Waals surface area contributed by atoms with E-state index in [0.29, 0.717) is 0 Å². The second-order valence-corrected chi connectivity index (χ2v) is 4.81. The second-order valence-electron chi connectivity index (χ2n) is 4.81. The highest BCUT2D eigenvalue weighted by Gasteiger charge is 2.04. The summed E-state index contributed by atoms with van der Waals surface area (Å²) in [4.78, 5) is 12.1. The topological polar surface area (TPSA) is 17.1 Å². The zero-order valence-electron chi connectivity index (χ0n) is 11.8. The van der Waals surface area contributed by atoms with Crippen LogP contribution in [0.5, 0.6) is 0 Å². The molecule has 0 spiro atoms. The molecule has 2 aromatic rings. The van der Waals surface area contributed by atoms with Crippen molar-refractivity contribution in [2.24, 2.45) is 0 Å². The molecule has 0 aromatic heterocycles. The standard InChI is InChI=1S/C19H18O/c1-15-12-13-16(2)18(14-15)19(20)11-7-6-10-17-8-4-3-5-9-17/h3-14H,1-2H3. The van der Waals surface area contributed by atoms with Gasteiger partial charge in [0.05, 0.1) is 0 Å². The van der Waals surface area contributed by atoms with E-state index in [1.165, 1.54) is 0 Å². The van der Waals surface area contributed by atoms with Crippen molar-refractivity contribution in [3.8, 4) is 0 Å². The monoisotopic (exact) mass is 262 g/mol. The number of allylic oxidation sites excluding steroid dienone is 3. The highest BCUT2D eigenvalue weighted by Crippen LogP contribution is 2.12. The molecule has 20 heavy (non-hydrogen) atoms. The Labute approximate surface area is 120 Å². The summed E-state index contributed by atoms with van der Waals surface area (Å²) >= 11 is 0. The summed E-state index contributed by atoms with van der Waals surface area (Å²) < 4.78 is 0. The van der Waals surface area contributed by atoms with Gasteiger partial charge in [0.2, 0.25) is 0 Å². The van der Waals surface area contributed by atoms with E-state index in [-0.39, 0.29) is 5.78 Å². The van der Waals surface area contributed by atoms with E-state index in [2.05, 4.69) is 0 Å². The quantitative estimate of drug-likeness (QED) is 0.441. The Morgan fingerprint density at radius 2 is 1.70 bits per heavy atom. The second kappa shape index (κ2) is 6.67. The molecule has 0 bridgehead atoms. The average Bonchev–Trinajstić information content (AvgIpc) is 2.47. The zero-order chi connectivity index (χ0) is 14.4. The fourth-order valence-electron chi connectivity index (χ4n) is 1.96. The summed E-state index contributed by atoms with van der Waals surface area (Å²) in [5, 5.41) is 0. The van der Waals surface area contributed by atoms with Crippen LogP contribution in [0.3, 0.4) is 0 Å². The summed E-state index contributed by atoms with van der Waals surface area (Å²) in [6.45, 7) is 3.95. The predicted molar refractivity (Wildman–Crippen MR) is 84.9 cm³/mol. The lowest BCUT2D eigenvalue weighted by molar-refractivity contribution is 0.104. The molecule has 0 unspecified atom stereocenters. The molecule has 0 N–H and O–H groups in total. The third-order valence-electron chi connectivity index (χ3n) is 3.11. The minimum atomic E-state index is 0.0453. The number of ketones is 1. The molecular formula is C19H18O. The highest BCUT2D eigenvalue weighted by atomic mass is 16.1. The first kappa shape index (κ1) is 14.0. The fourth-order valence-corrected chi connectivity index (χ4v) is 1.96. The Balaban J connectivity index is 2.06. The van der Waals surface area contributed by atoms with Crippen LogP contribution in [0.1, 0.15) is 27.0 Å². The van der Waals surface area contributed by atoms with Gasteiger partial charge in [-0.3, -0.25) is 4.79 Å². The number of benzene rings is 2. The van der Waals surface area contributed by atoms with Gasteiger partial charge in [0, 0.05) is 5.56 Å². The Kier molecular flexibility index (Phi) is 4.67. The van der Waals surface area contributed by atoms with Crippen molar-refractivity contribution in [1.82, 2.24) is 0 Å². The van der Waals surface area contributed by atoms with Gasteiger partial charge in [0.1, 0.15) is 0 Å². The van der Waals surface area contributed by atoms with Crippen LogP contribution in [-0.2, 0) is 0 Å². The lowest BCUT2D eigenvalue weighted by atomic mass is 10.0. The molecular weight excluding hydrogens is 244 g/mol. The van der Waals surface area contributed by atoms with Crippen molar-refractivity contribution in [3.05, 3.63) is 89.0 Å². The van der Waals surface area contributed by atoms with Gasteiger partial charge in [0.15, 0.2) is 5.78 Å². The number of carbonyl (C=O) groups excluding carboxylic acids is 1. The van der Waals surface area contributed by atoms with E-state index in [1.807, 2.05) is 74.5 Å². The van der Waals surface area contributed by atoms with Crippen LogP contribution in [0, 0.1) is 13.8 Å². The zero-order valence-corrected chi connectivity index (χ0v) is 11.8. The first-order valence-corrected chi connectivity index (χ1v) is 6.68. The van der Waals surface area contributed by atoms with Crippen LogP contribution in [0.4, 0.5) is 0 Å². The molecule has 0 saturated carbocycles. The van der Waals surface area contributed by atoms with Gasteiger partial charge < -0.3 is 0 Å². The molecule has 2 aromatic carbocycles. The smallest absolute Gasteiger partial charge is 0.186 e. The number of rotatable bonds is 4. The Morgan fingerprint density at radius 1 is 0.950 bits per heavy atom. The molecule has 1 heteroatoms. The summed E-state index contributed by atoms with van der Waals surface area (Å²) in [5.74, 6) is 0.0453. The van der Waals surface area contributed by atoms with Crippen molar-refractivity contribution < 1.29 is 4.79 Å². The van der Waals surface area contributed by atoms with Crippen LogP contribution in [0.2, 0.25) is 0 Å². The van der Waals surface area contributed by atoms with Crippen molar-refractivity contribution in [3.63, 3.8) is 0 Å². The molecule has 0 aliphatic rings. The fraction of sp³-hybridized carbons (Fsp3) is 0.105. The number of carbonyl (C=O) groups is 1. The molecule has 0 aliphatic heterocycles. The van der Waals surface area contributed by atoms with Crippen LogP contribution < -0.4 is 0 Å². The van der Waals surface area contributed by atoms with Crippen molar-refractivity contribution in [2.45, 2.75) is 13.8 Å². The van der Waals surface area contributed by atoms with Crippen molar-refractivity contribution >= 4 is 11.9 Å². The normalized spacial score (nSPS) is 11.3. The molecule has 1 nitrogen and oxygen atoms in total. The van der Waals surface area contributed by atoms with Crippen LogP contribution in [-0.4, -0.2) is 5.78 Å². The van der Waals surface area contributed by atoms with E-state index in [0.717, 1.165) is 22.3 Å². The Bertz CT molecular complexity index is 649. The first-order valence-electron chi connectivity index (χ1n) is 6.68. The van der Waals surface area contributed by atoms with E-state index in [9.17, 15) is 4.79 Å². The van der Waals surface area contributed by atoms with E-state index >= 15 is 0 Å². The van der Waals surface area contributed by atoms with Crippen LogP contribution in [0.25, 0.3) is 6.08 Å². The van der Waals surface area contributed by atoms with Gasteiger partial charge in [0.25, 0.3) is 0 Å². The lowest BCUT2D eigenvalue weighted by Gasteiger charge is -2.02. The number of hydrogen-bond donors (Lipinski definition) is 0. The van der Waals surface area contributed by atoms with Gasteiger partial charge in [-0.05, 0) is 37.1 Å². The van der Waals surface area contributed by atoms with Crippen molar-refractivity contribution in [1.29, 1.82) is 0 Å². The van der Waals surface area contributed by atoms with Gasteiger partial charge >= 0.3 is 0 Å². The molecule has 0 amide bonds. The van der Waals surface area contributed by atoms with E-state index in [4.69, 9.17) is 0 Å². The maximum absolute atomic E-state index is 12.1. The molecule has 0 radical (unpaired) electrons. The van der Waals surface area contributed by atoms with Gasteiger partial charge in [-0.2, -0.15) is 0 Å². The highest BCUT2D eigenvalue weighted by molar-refractivity contribution is 6.05. The molecule has 0 saturated heterocycles. The van der Waals surface area contributed by atoms with Gasteiger partial charge in [-0.15, -0.1) is 0 Å². The van der Waals surface area contributed by atoms with Crippen LogP contribution in [0.15, 0.2) is 66.8 Å². The largest absolute Gasteiger partial charge is 0.289 e. The third-order valence-corrected chi connectivity index (χ3v) is 3.11. The number of aryl methyl sites for hydroxylation is 2. The summed E-state index contributed by atoms with van der Waals surface area (Å²) in [6.07, 6.45) is 7.27. The van der Waals surface area contributed by atoms with Crippen molar-refractivity contribution in [2.75, 3.05) is 0 Å². The number of hydrogen-bond acceptors (Lipinski definition) is 1. The molecule has 0 fully saturated rings. The van der Waals surface area contributed by atoms with Gasteiger partial charge in [-0.25, -0.2) is 0 Å². The van der Waals surface area contributed by atoms with Gasteiger partial charge in [-0.1, -0.05) is 66.3 Å². The minimum Gasteiger partial charge on any atom is -0.289 e. The van der Waals surface area contributed by atoms with Crippen LogP contribution >= 0.6 is 0 Å². The van der Waals surface area contributed by atoms with E-state index < -0.39 is 0 Å². The molecule has 2 rings (SSSR count). The predicted octanol–water partition coefficient (Wildman–Crippen LogP) is 4.76. The summed E-state index contributed by atoms with van der Waals surface area (Å²) in [5.41, 5.74) is 4.01. The molecule has 0 heterocycles. The summed E-state index contributed by atoms with van der Waals surface area (Å²) in [7, 11) is 0.